The molecule has 0 radical (unpaired) electrons. The third kappa shape index (κ3) is 4.55. The molecule has 4 nitrogen and oxygen atoms in total. The second-order valence-corrected chi connectivity index (χ2v) is 9.37. The fourth-order valence-corrected chi connectivity index (χ4v) is 4.31. The highest BCUT2D eigenvalue weighted by Gasteiger charge is 2.33. The molecule has 5 heteroatoms. The molecule has 2 rings (SSSR count). The highest BCUT2D eigenvalue weighted by molar-refractivity contribution is 7.86. The maximum atomic E-state index is 12.0. The lowest BCUT2D eigenvalue weighted by Gasteiger charge is -2.38. The van der Waals surface area contributed by atoms with Gasteiger partial charge in [0.05, 0.1) is 4.75 Å². The van der Waals surface area contributed by atoms with Crippen LogP contribution in [-0.2, 0) is 10.8 Å². The molecule has 2 atom stereocenters. The van der Waals surface area contributed by atoms with Crippen LogP contribution < -0.4 is 4.74 Å². The van der Waals surface area contributed by atoms with E-state index in [4.69, 9.17) is 4.74 Å². The van der Waals surface area contributed by atoms with Gasteiger partial charge in [0, 0.05) is 36.2 Å². The number of rotatable bonds is 5. The van der Waals surface area contributed by atoms with Crippen LogP contribution in [0.4, 0.5) is 0 Å². The van der Waals surface area contributed by atoms with Crippen molar-refractivity contribution in [3.63, 3.8) is 0 Å². The Kier molecular flexibility index (Phi) is 5.87. The first-order valence-electron chi connectivity index (χ1n) is 8.19. The summed E-state index contributed by atoms with van der Waals surface area (Å²) in [5.74, 6) is 1.56. The molecule has 23 heavy (non-hydrogen) atoms. The van der Waals surface area contributed by atoms with Crippen LogP contribution in [0.5, 0.6) is 5.75 Å². The van der Waals surface area contributed by atoms with Gasteiger partial charge in [-0.2, -0.15) is 0 Å². The summed E-state index contributed by atoms with van der Waals surface area (Å²) in [5, 5.41) is 10.3. The SMILES string of the molecule is Cc1ccc(C)c(OCC(O)CN2CCS(=O)C(C)(C)C2)c1C. The Bertz CT molecular complexity index is 586. The minimum atomic E-state index is -0.783. The van der Waals surface area contributed by atoms with Crippen LogP contribution in [-0.4, -0.2) is 57.1 Å². The smallest absolute Gasteiger partial charge is 0.125 e. The maximum absolute atomic E-state index is 12.0. The normalized spacial score (nSPS) is 22.8. The summed E-state index contributed by atoms with van der Waals surface area (Å²) in [6.45, 7) is 12.6. The number of aliphatic hydroxyl groups is 1. The maximum Gasteiger partial charge on any atom is 0.125 e. The molecule has 0 bridgehead atoms. The number of hydrogen-bond acceptors (Lipinski definition) is 4. The van der Waals surface area contributed by atoms with E-state index >= 15 is 0 Å². The van der Waals surface area contributed by atoms with Gasteiger partial charge < -0.3 is 9.84 Å². The molecule has 1 N–H and O–H groups in total. The number of ether oxygens (including phenoxy) is 1. The van der Waals surface area contributed by atoms with Crippen LogP contribution in [0.2, 0.25) is 0 Å². The van der Waals surface area contributed by atoms with E-state index in [0.717, 1.165) is 30.0 Å². The van der Waals surface area contributed by atoms with Crippen LogP contribution in [0.25, 0.3) is 0 Å². The van der Waals surface area contributed by atoms with Gasteiger partial charge in [0.1, 0.15) is 18.5 Å². The summed E-state index contributed by atoms with van der Waals surface area (Å²) in [4.78, 5) is 2.19. The first-order chi connectivity index (χ1) is 10.7. The van der Waals surface area contributed by atoms with Gasteiger partial charge in [-0.3, -0.25) is 9.11 Å². The molecule has 0 aliphatic carbocycles. The Morgan fingerprint density at radius 1 is 1.30 bits per heavy atom. The van der Waals surface area contributed by atoms with Crippen LogP contribution in [0.3, 0.4) is 0 Å². The quantitative estimate of drug-likeness (QED) is 0.893. The minimum Gasteiger partial charge on any atom is -0.490 e. The molecule has 0 aromatic heterocycles. The summed E-state index contributed by atoms with van der Waals surface area (Å²) in [6.07, 6.45) is -0.545. The molecule has 1 fully saturated rings. The molecule has 1 aromatic carbocycles. The van der Waals surface area contributed by atoms with Crippen molar-refractivity contribution < 1.29 is 14.1 Å². The summed E-state index contributed by atoms with van der Waals surface area (Å²) in [6, 6.07) is 4.14. The third-order valence-electron chi connectivity index (χ3n) is 4.58. The average molecular weight is 340 g/mol. The molecular formula is C18H29NO3S. The van der Waals surface area contributed by atoms with Gasteiger partial charge in [-0.15, -0.1) is 0 Å². The van der Waals surface area contributed by atoms with Gasteiger partial charge in [-0.1, -0.05) is 12.1 Å². The van der Waals surface area contributed by atoms with Crippen molar-refractivity contribution in [3.8, 4) is 5.75 Å². The molecule has 1 aliphatic rings. The number of aryl methyl sites for hydroxylation is 2. The third-order valence-corrected chi connectivity index (χ3v) is 6.49. The lowest BCUT2D eigenvalue weighted by molar-refractivity contribution is 0.0657. The molecule has 0 spiro atoms. The number of benzene rings is 1. The first kappa shape index (κ1) is 18.4. The summed E-state index contributed by atoms with van der Waals surface area (Å²) in [7, 11) is -0.783. The van der Waals surface area contributed by atoms with Crippen molar-refractivity contribution in [2.75, 3.05) is 32.0 Å². The molecule has 1 aromatic rings. The van der Waals surface area contributed by atoms with Crippen LogP contribution in [0.15, 0.2) is 12.1 Å². The van der Waals surface area contributed by atoms with Gasteiger partial charge in [0.15, 0.2) is 0 Å². The number of aliphatic hydroxyl groups excluding tert-OH is 1. The predicted octanol–water partition coefficient (Wildman–Crippen LogP) is 2.19. The van der Waals surface area contributed by atoms with E-state index in [9.17, 15) is 9.32 Å². The zero-order valence-corrected chi connectivity index (χ0v) is 15.7. The molecule has 0 amide bonds. The van der Waals surface area contributed by atoms with Gasteiger partial charge in [0.2, 0.25) is 0 Å². The van der Waals surface area contributed by atoms with E-state index in [-0.39, 0.29) is 11.4 Å². The molecule has 130 valence electrons. The Balaban J connectivity index is 1.90. The molecule has 0 saturated carbocycles. The van der Waals surface area contributed by atoms with Crippen LogP contribution in [0, 0.1) is 20.8 Å². The van der Waals surface area contributed by atoms with Crippen molar-refractivity contribution >= 4 is 10.8 Å². The summed E-state index contributed by atoms with van der Waals surface area (Å²) >= 11 is 0. The Hall–Kier alpha value is -0.910. The lowest BCUT2D eigenvalue weighted by Crippen LogP contribution is -2.52. The van der Waals surface area contributed by atoms with E-state index in [0.29, 0.717) is 12.3 Å². The van der Waals surface area contributed by atoms with Crippen LogP contribution in [0.1, 0.15) is 30.5 Å². The summed E-state index contributed by atoms with van der Waals surface area (Å²) in [5.41, 5.74) is 3.42. The van der Waals surface area contributed by atoms with Crippen molar-refractivity contribution in [2.24, 2.45) is 0 Å². The molecular weight excluding hydrogens is 310 g/mol. The second kappa shape index (κ2) is 7.32. The topological polar surface area (TPSA) is 49.8 Å². The van der Waals surface area contributed by atoms with Crippen molar-refractivity contribution in [1.82, 2.24) is 4.90 Å². The van der Waals surface area contributed by atoms with E-state index in [1.807, 2.05) is 33.8 Å². The second-order valence-electron chi connectivity index (χ2n) is 7.16. The molecule has 2 unspecified atom stereocenters. The van der Waals surface area contributed by atoms with Gasteiger partial charge in [-0.05, 0) is 51.3 Å². The van der Waals surface area contributed by atoms with E-state index in [1.54, 1.807) is 0 Å². The zero-order chi connectivity index (χ0) is 17.2. The van der Waals surface area contributed by atoms with Gasteiger partial charge in [0.25, 0.3) is 0 Å². The largest absolute Gasteiger partial charge is 0.490 e. The van der Waals surface area contributed by atoms with E-state index in [1.165, 1.54) is 5.56 Å². The standard InChI is InChI=1S/C18H29NO3S/c1-13-6-7-14(2)17(15(13)3)22-11-16(20)10-19-8-9-23(21)18(4,5)12-19/h6-7,16,20H,8-12H2,1-5H3. The van der Waals surface area contributed by atoms with Gasteiger partial charge >= 0.3 is 0 Å². The van der Waals surface area contributed by atoms with Crippen molar-refractivity contribution in [3.05, 3.63) is 28.8 Å². The number of nitrogens with zero attached hydrogens (tertiary/aromatic N) is 1. The molecule has 1 saturated heterocycles. The first-order valence-corrected chi connectivity index (χ1v) is 9.51. The van der Waals surface area contributed by atoms with E-state index < -0.39 is 16.9 Å². The molecule has 1 heterocycles. The fraction of sp³-hybridized carbons (Fsp3) is 0.667. The average Bonchev–Trinajstić information content (AvgIpc) is 2.47. The Morgan fingerprint density at radius 3 is 2.61 bits per heavy atom. The number of hydrogen-bond donors (Lipinski definition) is 1. The van der Waals surface area contributed by atoms with Gasteiger partial charge in [-0.25, -0.2) is 0 Å². The van der Waals surface area contributed by atoms with Crippen molar-refractivity contribution in [1.29, 1.82) is 0 Å². The minimum absolute atomic E-state index is 0.206. The zero-order valence-electron chi connectivity index (χ0n) is 14.9. The highest BCUT2D eigenvalue weighted by atomic mass is 32.2. The lowest BCUT2D eigenvalue weighted by atomic mass is 10.1. The fourth-order valence-electron chi connectivity index (χ4n) is 3.01. The Labute approximate surface area is 142 Å². The Morgan fingerprint density at radius 2 is 1.96 bits per heavy atom. The predicted molar refractivity (Wildman–Crippen MR) is 95.7 cm³/mol. The van der Waals surface area contributed by atoms with Crippen molar-refractivity contribution in [2.45, 2.75) is 45.5 Å². The molecule has 1 aliphatic heterocycles. The van der Waals surface area contributed by atoms with Crippen LogP contribution >= 0.6 is 0 Å². The summed E-state index contributed by atoms with van der Waals surface area (Å²) < 4.78 is 17.6. The monoisotopic (exact) mass is 339 g/mol. The number of β-amino-alcohol motifs (C(OH)–C–C–N with tert-alkyl or cyclic N) is 1. The highest BCUT2D eigenvalue weighted by Crippen LogP contribution is 2.26. The van der Waals surface area contributed by atoms with E-state index in [2.05, 4.69) is 17.9 Å².